The molecule has 34 heavy (non-hydrogen) atoms. The van der Waals surface area contributed by atoms with Gasteiger partial charge in [0.25, 0.3) is 5.91 Å². The number of aromatic nitrogens is 1. The first kappa shape index (κ1) is 25.5. The molecule has 2 aromatic rings. The summed E-state index contributed by atoms with van der Waals surface area (Å²) in [6.45, 7) is 3.56. The van der Waals surface area contributed by atoms with Gasteiger partial charge in [0, 0.05) is 37.7 Å². The highest BCUT2D eigenvalue weighted by Gasteiger charge is 2.43. The summed E-state index contributed by atoms with van der Waals surface area (Å²) in [5, 5.41) is 7.12. The maximum absolute atomic E-state index is 13.3. The van der Waals surface area contributed by atoms with Crippen molar-refractivity contribution < 1.29 is 41.7 Å². The lowest BCUT2D eigenvalue weighted by atomic mass is 10.0. The van der Waals surface area contributed by atoms with Crippen LogP contribution in [0.1, 0.15) is 5.56 Å². The lowest BCUT2D eigenvalue weighted by molar-refractivity contribution is -0.192. The molecule has 184 valence electrons. The fraction of sp³-hybridized carbons (Fsp3) is 0.409. The van der Waals surface area contributed by atoms with E-state index in [0.29, 0.717) is 32.0 Å². The van der Waals surface area contributed by atoms with Gasteiger partial charge in [0.15, 0.2) is 0 Å². The molecule has 2 saturated heterocycles. The van der Waals surface area contributed by atoms with Crippen LogP contribution >= 0.6 is 0 Å². The number of pyridine rings is 1. The fourth-order valence-electron chi connectivity index (χ4n) is 3.62. The van der Waals surface area contributed by atoms with Crippen molar-refractivity contribution >= 4 is 17.6 Å². The van der Waals surface area contributed by atoms with Crippen LogP contribution in [0.4, 0.5) is 23.2 Å². The van der Waals surface area contributed by atoms with Gasteiger partial charge in [-0.05, 0) is 35.9 Å². The Morgan fingerprint density at radius 2 is 1.88 bits per heavy atom. The molecule has 2 aliphatic heterocycles. The number of aliphatic carboxylic acids is 1. The van der Waals surface area contributed by atoms with Crippen molar-refractivity contribution in [2.75, 3.05) is 44.4 Å². The molecule has 0 aliphatic carbocycles. The third-order valence-corrected chi connectivity index (χ3v) is 5.19. The first-order valence-electron chi connectivity index (χ1n) is 10.3. The Morgan fingerprint density at radius 1 is 1.18 bits per heavy atom. The minimum atomic E-state index is -5.08. The molecule has 1 atom stereocenters. The van der Waals surface area contributed by atoms with Gasteiger partial charge in [-0.2, -0.15) is 13.2 Å². The Morgan fingerprint density at radius 3 is 2.50 bits per heavy atom. The number of rotatable bonds is 3. The van der Waals surface area contributed by atoms with E-state index >= 15 is 0 Å². The van der Waals surface area contributed by atoms with Crippen molar-refractivity contribution in [1.82, 2.24) is 9.88 Å². The molecule has 1 N–H and O–H groups in total. The molecule has 1 aromatic heterocycles. The number of amides is 1. The smallest absolute Gasteiger partial charge is 0.475 e. The number of carbonyl (C=O) groups is 2. The standard InChI is InChI=1S/C20H22FN3O3.C2HF3O2/c21-17-3-5-18(6-4-17)24-14-20(27-12-19(24)25)13-23(8-9-26-15-20)11-16-2-1-7-22-10-16;3-2(4,5)1(6)7/h1-7,10H,8-9,11-15H2;(H,6,7). The molecule has 1 amide bonds. The summed E-state index contributed by atoms with van der Waals surface area (Å²) in [6, 6.07) is 9.94. The summed E-state index contributed by atoms with van der Waals surface area (Å²) in [6.07, 6.45) is -1.47. The third-order valence-electron chi connectivity index (χ3n) is 5.19. The number of halogens is 4. The topological polar surface area (TPSA) is 92.2 Å². The van der Waals surface area contributed by atoms with E-state index < -0.39 is 17.7 Å². The molecule has 8 nitrogen and oxygen atoms in total. The van der Waals surface area contributed by atoms with E-state index in [4.69, 9.17) is 19.4 Å². The van der Waals surface area contributed by atoms with Gasteiger partial charge in [0.05, 0.1) is 19.8 Å². The number of ether oxygens (including phenoxy) is 2. The first-order valence-corrected chi connectivity index (χ1v) is 10.3. The van der Waals surface area contributed by atoms with Crippen LogP contribution in [0.5, 0.6) is 0 Å². The number of alkyl halides is 3. The number of carboxylic acids is 1. The molecule has 1 aromatic carbocycles. The fourth-order valence-corrected chi connectivity index (χ4v) is 3.62. The normalized spacial score (nSPS) is 21.5. The average Bonchev–Trinajstić information content (AvgIpc) is 2.99. The number of morpholine rings is 1. The van der Waals surface area contributed by atoms with E-state index in [-0.39, 0.29) is 18.3 Å². The van der Waals surface area contributed by atoms with Crippen LogP contribution in [0.15, 0.2) is 48.8 Å². The lowest BCUT2D eigenvalue weighted by Gasteiger charge is -2.43. The van der Waals surface area contributed by atoms with E-state index in [1.807, 2.05) is 18.3 Å². The summed E-state index contributed by atoms with van der Waals surface area (Å²) >= 11 is 0. The minimum Gasteiger partial charge on any atom is -0.475 e. The van der Waals surface area contributed by atoms with Gasteiger partial charge < -0.3 is 19.5 Å². The Kier molecular flexibility index (Phi) is 8.18. The van der Waals surface area contributed by atoms with Gasteiger partial charge >= 0.3 is 12.1 Å². The monoisotopic (exact) mass is 485 g/mol. The molecule has 1 unspecified atom stereocenters. The predicted octanol–water partition coefficient (Wildman–Crippen LogP) is 2.49. The Labute approximate surface area is 192 Å². The summed E-state index contributed by atoms with van der Waals surface area (Å²) in [5.74, 6) is -3.21. The average molecular weight is 485 g/mol. The number of carbonyl (C=O) groups excluding carboxylic acids is 1. The molecule has 2 fully saturated rings. The number of benzene rings is 1. The lowest BCUT2D eigenvalue weighted by Crippen LogP contribution is -2.60. The zero-order chi connectivity index (χ0) is 24.8. The predicted molar refractivity (Wildman–Crippen MR) is 111 cm³/mol. The van der Waals surface area contributed by atoms with Crippen LogP contribution in [0.3, 0.4) is 0 Å². The number of carboxylic acid groups (broad SMARTS) is 1. The summed E-state index contributed by atoms with van der Waals surface area (Å²) in [4.78, 5) is 29.4. The molecule has 12 heteroatoms. The molecular weight excluding hydrogens is 462 g/mol. The van der Waals surface area contributed by atoms with E-state index in [0.717, 1.165) is 18.7 Å². The SMILES string of the molecule is O=C(O)C(F)(F)F.O=C1COC2(COCCN(Cc3cccnc3)C2)CN1c1ccc(F)cc1. The highest BCUT2D eigenvalue weighted by molar-refractivity contribution is 5.95. The molecule has 1 spiro atoms. The summed E-state index contributed by atoms with van der Waals surface area (Å²) < 4.78 is 56.8. The second-order valence-corrected chi connectivity index (χ2v) is 7.86. The number of anilines is 1. The van der Waals surface area contributed by atoms with Crippen LogP contribution < -0.4 is 4.90 Å². The Balaban J connectivity index is 0.000000406. The van der Waals surface area contributed by atoms with Crippen LogP contribution in [0, 0.1) is 5.82 Å². The van der Waals surface area contributed by atoms with E-state index in [9.17, 15) is 22.4 Å². The van der Waals surface area contributed by atoms with Crippen molar-refractivity contribution in [3.63, 3.8) is 0 Å². The number of hydrogen-bond acceptors (Lipinski definition) is 6. The number of nitrogens with zero attached hydrogens (tertiary/aromatic N) is 3. The van der Waals surface area contributed by atoms with E-state index in [2.05, 4.69) is 9.88 Å². The molecule has 2 aliphatic rings. The molecule has 4 rings (SSSR count). The van der Waals surface area contributed by atoms with Crippen molar-refractivity contribution in [2.45, 2.75) is 18.3 Å². The maximum atomic E-state index is 13.3. The number of hydrogen-bond donors (Lipinski definition) is 1. The molecular formula is C22H23F4N3O5. The van der Waals surface area contributed by atoms with Crippen molar-refractivity contribution in [1.29, 1.82) is 0 Å². The quantitative estimate of drug-likeness (QED) is 0.668. The van der Waals surface area contributed by atoms with E-state index in [1.54, 1.807) is 23.2 Å². The van der Waals surface area contributed by atoms with Crippen molar-refractivity contribution in [3.8, 4) is 0 Å². The molecule has 3 heterocycles. The second kappa shape index (κ2) is 10.9. The van der Waals surface area contributed by atoms with Crippen LogP contribution in [-0.2, 0) is 25.6 Å². The molecule has 0 saturated carbocycles. The zero-order valence-corrected chi connectivity index (χ0v) is 18.0. The van der Waals surface area contributed by atoms with Crippen LogP contribution in [0.25, 0.3) is 0 Å². The highest BCUT2D eigenvalue weighted by Crippen LogP contribution is 2.28. The van der Waals surface area contributed by atoms with Crippen LogP contribution in [-0.4, -0.2) is 78.1 Å². The van der Waals surface area contributed by atoms with E-state index in [1.165, 1.54) is 12.1 Å². The molecule has 0 bridgehead atoms. The molecule has 0 radical (unpaired) electrons. The van der Waals surface area contributed by atoms with Gasteiger partial charge in [-0.3, -0.25) is 14.7 Å². The Bertz CT molecular complexity index is 975. The Hall–Kier alpha value is -3.09. The zero-order valence-electron chi connectivity index (χ0n) is 18.0. The van der Waals surface area contributed by atoms with Gasteiger partial charge in [0.2, 0.25) is 0 Å². The van der Waals surface area contributed by atoms with Gasteiger partial charge in [-0.1, -0.05) is 6.07 Å². The highest BCUT2D eigenvalue weighted by atomic mass is 19.4. The largest absolute Gasteiger partial charge is 0.490 e. The third kappa shape index (κ3) is 6.95. The van der Waals surface area contributed by atoms with Crippen molar-refractivity contribution in [3.05, 3.63) is 60.2 Å². The second-order valence-electron chi connectivity index (χ2n) is 7.86. The van der Waals surface area contributed by atoms with Gasteiger partial charge in [-0.15, -0.1) is 0 Å². The van der Waals surface area contributed by atoms with Crippen molar-refractivity contribution in [2.24, 2.45) is 0 Å². The summed E-state index contributed by atoms with van der Waals surface area (Å²) in [5.41, 5.74) is 1.19. The minimum absolute atomic E-state index is 0.0124. The van der Waals surface area contributed by atoms with Gasteiger partial charge in [0.1, 0.15) is 18.0 Å². The first-order chi connectivity index (χ1) is 16.1. The van der Waals surface area contributed by atoms with Crippen LogP contribution in [0.2, 0.25) is 0 Å². The van der Waals surface area contributed by atoms with Gasteiger partial charge in [-0.25, -0.2) is 9.18 Å². The summed E-state index contributed by atoms with van der Waals surface area (Å²) in [7, 11) is 0. The maximum Gasteiger partial charge on any atom is 0.490 e.